The first kappa shape index (κ1) is 17.5. The van der Waals surface area contributed by atoms with Crippen LogP contribution in [0.1, 0.15) is 64.4 Å². The summed E-state index contributed by atoms with van der Waals surface area (Å²) >= 11 is 5.94. The lowest BCUT2D eigenvalue weighted by molar-refractivity contribution is 0.459. The zero-order chi connectivity index (χ0) is 14.6. The molecule has 20 heavy (non-hydrogen) atoms. The molecule has 0 aliphatic carbocycles. The van der Waals surface area contributed by atoms with Gasteiger partial charge in [-0.3, -0.25) is 0 Å². The van der Waals surface area contributed by atoms with E-state index in [1.807, 2.05) is 12.1 Å². The molecule has 1 rings (SSSR count). The molecule has 1 nitrogen and oxygen atoms in total. The van der Waals surface area contributed by atoms with E-state index in [0.717, 1.165) is 18.0 Å². The summed E-state index contributed by atoms with van der Waals surface area (Å²) in [5.41, 5.74) is 1.38. The molecule has 0 spiro atoms. The van der Waals surface area contributed by atoms with Crippen molar-refractivity contribution < 1.29 is 0 Å². The van der Waals surface area contributed by atoms with Crippen molar-refractivity contribution >= 4 is 11.6 Å². The minimum Gasteiger partial charge on any atom is -0.314 e. The van der Waals surface area contributed by atoms with E-state index < -0.39 is 0 Å². The Morgan fingerprint density at radius 1 is 0.950 bits per heavy atom. The maximum absolute atomic E-state index is 5.94. The summed E-state index contributed by atoms with van der Waals surface area (Å²) in [6.45, 7) is 5.51. The highest BCUT2D eigenvalue weighted by Gasteiger charge is 2.08. The van der Waals surface area contributed by atoms with Crippen molar-refractivity contribution in [2.24, 2.45) is 0 Å². The number of likely N-dealkylation sites (N-methyl/N-ethyl adjacent to an activating group) is 1. The van der Waals surface area contributed by atoms with Crippen molar-refractivity contribution in [1.29, 1.82) is 0 Å². The number of hydrogen-bond donors (Lipinski definition) is 1. The summed E-state index contributed by atoms with van der Waals surface area (Å²) in [7, 11) is 0. The molecule has 0 saturated heterocycles. The van der Waals surface area contributed by atoms with Crippen molar-refractivity contribution in [2.45, 2.75) is 71.3 Å². The van der Waals surface area contributed by atoms with E-state index in [1.54, 1.807) is 0 Å². The lowest BCUT2D eigenvalue weighted by Gasteiger charge is -2.18. The van der Waals surface area contributed by atoms with Crippen LogP contribution in [-0.2, 0) is 6.42 Å². The second-order valence-corrected chi connectivity index (χ2v) is 6.08. The van der Waals surface area contributed by atoms with E-state index in [2.05, 4.69) is 31.3 Å². The Morgan fingerprint density at radius 3 is 2.25 bits per heavy atom. The van der Waals surface area contributed by atoms with Crippen LogP contribution in [0.4, 0.5) is 0 Å². The molecular weight excluding hydrogens is 266 g/mol. The van der Waals surface area contributed by atoms with Crippen molar-refractivity contribution in [3.63, 3.8) is 0 Å². The van der Waals surface area contributed by atoms with Crippen LogP contribution in [-0.4, -0.2) is 12.6 Å². The lowest BCUT2D eigenvalue weighted by Crippen LogP contribution is -2.30. The first-order chi connectivity index (χ1) is 9.76. The normalized spacial score (nSPS) is 12.6. The fourth-order valence-electron chi connectivity index (χ4n) is 2.64. The SMILES string of the molecule is CCCCCCCCC(Cc1ccc(Cl)cc1)NCC. The summed E-state index contributed by atoms with van der Waals surface area (Å²) < 4.78 is 0. The molecule has 1 N–H and O–H groups in total. The maximum atomic E-state index is 5.94. The van der Waals surface area contributed by atoms with Crippen LogP contribution in [0, 0.1) is 0 Å². The van der Waals surface area contributed by atoms with Gasteiger partial charge in [0.25, 0.3) is 0 Å². The zero-order valence-corrected chi connectivity index (χ0v) is 13.9. The molecule has 0 radical (unpaired) electrons. The monoisotopic (exact) mass is 295 g/mol. The fourth-order valence-corrected chi connectivity index (χ4v) is 2.77. The van der Waals surface area contributed by atoms with Gasteiger partial charge in [0, 0.05) is 11.1 Å². The van der Waals surface area contributed by atoms with Crippen molar-refractivity contribution in [2.75, 3.05) is 6.54 Å². The molecule has 0 amide bonds. The quantitative estimate of drug-likeness (QED) is 0.523. The van der Waals surface area contributed by atoms with E-state index in [9.17, 15) is 0 Å². The molecule has 1 aromatic carbocycles. The van der Waals surface area contributed by atoms with Crippen LogP contribution in [0.3, 0.4) is 0 Å². The molecule has 0 bridgehead atoms. The minimum absolute atomic E-state index is 0.604. The van der Waals surface area contributed by atoms with Gasteiger partial charge in [-0.15, -0.1) is 0 Å². The summed E-state index contributed by atoms with van der Waals surface area (Å²) in [6, 6.07) is 8.88. The second-order valence-electron chi connectivity index (χ2n) is 5.64. The molecule has 0 aromatic heterocycles. The molecule has 1 aromatic rings. The van der Waals surface area contributed by atoms with Crippen LogP contribution in [0.5, 0.6) is 0 Å². The molecule has 1 unspecified atom stereocenters. The van der Waals surface area contributed by atoms with E-state index in [1.165, 1.54) is 50.5 Å². The Kier molecular flexibility index (Phi) is 9.78. The Hall–Kier alpha value is -0.530. The van der Waals surface area contributed by atoms with Gasteiger partial charge in [0.05, 0.1) is 0 Å². The molecule has 0 aliphatic heterocycles. The number of rotatable bonds is 11. The topological polar surface area (TPSA) is 12.0 Å². The minimum atomic E-state index is 0.604. The van der Waals surface area contributed by atoms with Crippen LogP contribution in [0.2, 0.25) is 5.02 Å². The smallest absolute Gasteiger partial charge is 0.0406 e. The molecule has 2 heteroatoms. The largest absolute Gasteiger partial charge is 0.314 e. The second kappa shape index (κ2) is 11.2. The summed E-state index contributed by atoms with van der Waals surface area (Å²) in [5, 5.41) is 4.44. The van der Waals surface area contributed by atoms with Gasteiger partial charge in [-0.1, -0.05) is 76.1 Å². The standard InChI is InChI=1S/C18H30ClN/c1-3-5-6-7-8-9-10-18(20-4-2)15-16-11-13-17(19)14-12-16/h11-14,18,20H,3-10,15H2,1-2H3. The first-order valence-corrected chi connectivity index (χ1v) is 8.61. The number of nitrogens with one attached hydrogen (secondary N) is 1. The third kappa shape index (κ3) is 7.91. The number of benzene rings is 1. The van der Waals surface area contributed by atoms with Gasteiger partial charge in [-0.2, -0.15) is 0 Å². The Balaban J connectivity index is 2.27. The van der Waals surface area contributed by atoms with Gasteiger partial charge < -0.3 is 5.32 Å². The van der Waals surface area contributed by atoms with E-state index in [0.29, 0.717) is 6.04 Å². The third-order valence-corrected chi connectivity index (χ3v) is 4.05. The highest BCUT2D eigenvalue weighted by Crippen LogP contribution is 2.14. The molecule has 0 fully saturated rings. The molecule has 114 valence electrons. The number of unbranched alkanes of at least 4 members (excludes halogenated alkanes) is 5. The summed E-state index contributed by atoms with van der Waals surface area (Å²) in [6.07, 6.45) is 10.6. The number of hydrogen-bond acceptors (Lipinski definition) is 1. The van der Waals surface area contributed by atoms with Gasteiger partial charge >= 0.3 is 0 Å². The Labute approximate surface area is 130 Å². The van der Waals surface area contributed by atoms with E-state index >= 15 is 0 Å². The van der Waals surface area contributed by atoms with Gasteiger partial charge in [-0.25, -0.2) is 0 Å². The van der Waals surface area contributed by atoms with Gasteiger partial charge in [0.2, 0.25) is 0 Å². The molecule has 0 aliphatic rings. The first-order valence-electron chi connectivity index (χ1n) is 8.24. The predicted molar refractivity (Wildman–Crippen MR) is 90.6 cm³/mol. The predicted octanol–water partition coefficient (Wildman–Crippen LogP) is 5.61. The Morgan fingerprint density at radius 2 is 1.60 bits per heavy atom. The van der Waals surface area contributed by atoms with Crippen molar-refractivity contribution in [3.05, 3.63) is 34.9 Å². The molecular formula is C18H30ClN. The van der Waals surface area contributed by atoms with Crippen molar-refractivity contribution in [3.8, 4) is 0 Å². The number of halogens is 1. The van der Waals surface area contributed by atoms with Crippen LogP contribution in [0.25, 0.3) is 0 Å². The maximum Gasteiger partial charge on any atom is 0.0406 e. The highest BCUT2D eigenvalue weighted by atomic mass is 35.5. The van der Waals surface area contributed by atoms with Gasteiger partial charge in [0.1, 0.15) is 0 Å². The summed E-state index contributed by atoms with van der Waals surface area (Å²) in [4.78, 5) is 0. The zero-order valence-electron chi connectivity index (χ0n) is 13.1. The fraction of sp³-hybridized carbons (Fsp3) is 0.667. The Bertz CT molecular complexity index is 334. The van der Waals surface area contributed by atoms with Gasteiger partial charge in [-0.05, 0) is 37.1 Å². The van der Waals surface area contributed by atoms with Crippen LogP contribution >= 0.6 is 11.6 Å². The lowest BCUT2D eigenvalue weighted by atomic mass is 9.99. The van der Waals surface area contributed by atoms with Crippen LogP contribution in [0.15, 0.2) is 24.3 Å². The van der Waals surface area contributed by atoms with E-state index in [-0.39, 0.29) is 0 Å². The van der Waals surface area contributed by atoms with Crippen molar-refractivity contribution in [1.82, 2.24) is 5.32 Å². The molecule has 0 saturated carbocycles. The third-order valence-electron chi connectivity index (χ3n) is 3.79. The average Bonchev–Trinajstić information content (AvgIpc) is 2.45. The average molecular weight is 296 g/mol. The van der Waals surface area contributed by atoms with Crippen LogP contribution < -0.4 is 5.32 Å². The summed E-state index contributed by atoms with van der Waals surface area (Å²) in [5.74, 6) is 0. The van der Waals surface area contributed by atoms with E-state index in [4.69, 9.17) is 11.6 Å². The molecule has 0 heterocycles. The highest BCUT2D eigenvalue weighted by molar-refractivity contribution is 6.30. The molecule has 1 atom stereocenters. The van der Waals surface area contributed by atoms with Gasteiger partial charge in [0.15, 0.2) is 0 Å².